The number of hydrogen-bond donors (Lipinski definition) is 1. The van der Waals surface area contributed by atoms with E-state index in [0.29, 0.717) is 23.9 Å². The summed E-state index contributed by atoms with van der Waals surface area (Å²) in [5.41, 5.74) is 0. The maximum Gasteiger partial charge on any atom is 0.472 e. The molecule has 0 aromatic rings. The Morgan fingerprint density at radius 2 is 0.750 bits per heavy atom. The second-order valence-corrected chi connectivity index (χ2v) is 23.9. The van der Waals surface area contributed by atoms with Crippen molar-refractivity contribution in [3.05, 3.63) is 72.9 Å². The van der Waals surface area contributed by atoms with Crippen LogP contribution in [0.5, 0.6) is 0 Å². The first-order valence-corrected chi connectivity index (χ1v) is 33.2. The molecule has 0 aromatic carbocycles. The fraction of sp³-hybridized carbons (Fsp3) is 0.788. The molecule has 0 saturated carbocycles. The molecule has 0 aliphatic heterocycles. The van der Waals surface area contributed by atoms with Crippen molar-refractivity contribution in [2.75, 3.05) is 47.5 Å². The van der Waals surface area contributed by atoms with Crippen LogP contribution in [0.1, 0.15) is 284 Å². The number of phosphoric acid groups is 1. The van der Waals surface area contributed by atoms with Gasteiger partial charge in [-0.25, -0.2) is 4.57 Å². The van der Waals surface area contributed by atoms with Gasteiger partial charge in [-0.3, -0.25) is 18.6 Å². The molecule has 1 N–H and O–H groups in total. The molecule has 0 fully saturated rings. The van der Waals surface area contributed by atoms with E-state index in [1.54, 1.807) is 0 Å². The maximum absolute atomic E-state index is 12.8. The Morgan fingerprint density at radius 1 is 0.421 bits per heavy atom. The molecule has 2 atom stereocenters. The molecule has 0 amide bonds. The van der Waals surface area contributed by atoms with E-state index in [1.807, 2.05) is 21.1 Å². The van der Waals surface area contributed by atoms with Crippen LogP contribution in [0.2, 0.25) is 0 Å². The molecule has 0 rings (SSSR count). The summed E-state index contributed by atoms with van der Waals surface area (Å²) in [6.45, 7) is 4.36. The normalized spacial score (nSPS) is 13.7. The van der Waals surface area contributed by atoms with Crippen molar-refractivity contribution in [2.24, 2.45) is 0 Å². The summed E-state index contributed by atoms with van der Waals surface area (Å²) >= 11 is 0. The fourth-order valence-corrected chi connectivity index (χ4v) is 9.65. The Labute approximate surface area is 469 Å². The van der Waals surface area contributed by atoms with Gasteiger partial charge in [-0.05, 0) is 64.2 Å². The Kier molecular flexibility index (Phi) is 55.2. The minimum atomic E-state index is -4.39. The van der Waals surface area contributed by atoms with Crippen LogP contribution >= 0.6 is 7.82 Å². The molecular formula is C66H121NO8P+. The second-order valence-electron chi connectivity index (χ2n) is 22.4. The minimum Gasteiger partial charge on any atom is -0.462 e. The van der Waals surface area contributed by atoms with Crippen LogP contribution in [0.3, 0.4) is 0 Å². The summed E-state index contributed by atoms with van der Waals surface area (Å²) in [4.78, 5) is 35.7. The highest BCUT2D eigenvalue weighted by Gasteiger charge is 2.27. The molecule has 9 nitrogen and oxygen atoms in total. The number of carbonyl (C=O) groups excluding carboxylic acids is 2. The Morgan fingerprint density at radius 3 is 1.12 bits per heavy atom. The van der Waals surface area contributed by atoms with Gasteiger partial charge in [0.1, 0.15) is 19.8 Å². The van der Waals surface area contributed by atoms with Gasteiger partial charge in [0.05, 0.1) is 27.7 Å². The van der Waals surface area contributed by atoms with E-state index in [1.165, 1.54) is 180 Å². The first kappa shape index (κ1) is 73.5. The quantitative estimate of drug-likeness (QED) is 0.0211. The fourth-order valence-electron chi connectivity index (χ4n) is 8.90. The number of unbranched alkanes of at least 4 members (excludes halogenated alkanes) is 32. The van der Waals surface area contributed by atoms with Crippen molar-refractivity contribution < 1.29 is 42.1 Å². The molecule has 76 heavy (non-hydrogen) atoms. The van der Waals surface area contributed by atoms with Gasteiger partial charge in [-0.2, -0.15) is 0 Å². The maximum atomic E-state index is 12.8. The molecule has 0 spiro atoms. The topological polar surface area (TPSA) is 108 Å². The number of rotatable bonds is 58. The second kappa shape index (κ2) is 57.1. The van der Waals surface area contributed by atoms with Gasteiger partial charge in [-0.1, -0.05) is 279 Å². The molecule has 0 saturated heterocycles. The monoisotopic (exact) mass is 1090 g/mol. The summed E-state index contributed by atoms with van der Waals surface area (Å²) in [6.07, 6.45) is 75.6. The van der Waals surface area contributed by atoms with Crippen LogP contribution in [-0.4, -0.2) is 74.9 Å². The van der Waals surface area contributed by atoms with Crippen LogP contribution in [0.4, 0.5) is 0 Å². The van der Waals surface area contributed by atoms with E-state index in [-0.39, 0.29) is 25.6 Å². The molecule has 0 aliphatic carbocycles. The lowest BCUT2D eigenvalue weighted by molar-refractivity contribution is -0.870. The number of phosphoric ester groups is 1. The highest BCUT2D eigenvalue weighted by molar-refractivity contribution is 7.47. The van der Waals surface area contributed by atoms with E-state index in [4.69, 9.17) is 18.5 Å². The lowest BCUT2D eigenvalue weighted by Gasteiger charge is -2.24. The van der Waals surface area contributed by atoms with Gasteiger partial charge in [0, 0.05) is 12.8 Å². The van der Waals surface area contributed by atoms with Gasteiger partial charge >= 0.3 is 19.8 Å². The molecule has 2 unspecified atom stereocenters. The van der Waals surface area contributed by atoms with Crippen LogP contribution < -0.4 is 0 Å². The zero-order chi connectivity index (χ0) is 55.6. The van der Waals surface area contributed by atoms with Gasteiger partial charge in [0.15, 0.2) is 6.10 Å². The summed E-state index contributed by atoms with van der Waals surface area (Å²) in [5.74, 6) is -0.785. The highest BCUT2D eigenvalue weighted by Crippen LogP contribution is 2.43. The molecule has 442 valence electrons. The van der Waals surface area contributed by atoms with E-state index in [2.05, 4.69) is 86.8 Å². The number of quaternary nitrogens is 1. The predicted molar refractivity (Wildman–Crippen MR) is 326 cm³/mol. The van der Waals surface area contributed by atoms with Crippen LogP contribution in [0, 0.1) is 0 Å². The standard InChI is InChI=1S/C66H120NO8P/c1-6-8-10-12-14-16-18-20-22-24-25-26-27-28-29-30-31-32-33-34-35-36-37-38-39-40-41-43-45-47-49-51-53-55-57-59-66(69)75-64(63-74-76(70,71)73-61-60-67(3,4)5)62-72-65(68)58-56-54-52-50-48-46-44-42-23-21-19-17-15-13-11-9-7-2/h8,10,14,16,20,22,25-26,28-29,31-32,64H,6-7,9,11-13,15,17-19,21,23-24,27,30,33-63H2,1-5H3/p+1/b10-8-,16-14-,22-20-,26-25-,29-28-,32-31-. The zero-order valence-corrected chi connectivity index (χ0v) is 51.1. The first-order valence-electron chi connectivity index (χ1n) is 31.7. The van der Waals surface area contributed by atoms with Gasteiger partial charge in [-0.15, -0.1) is 0 Å². The van der Waals surface area contributed by atoms with Crippen molar-refractivity contribution in [1.29, 1.82) is 0 Å². The molecule has 0 heterocycles. The van der Waals surface area contributed by atoms with Gasteiger partial charge in [0.2, 0.25) is 0 Å². The van der Waals surface area contributed by atoms with E-state index in [0.717, 1.165) is 70.6 Å². The number of ether oxygens (including phenoxy) is 2. The Balaban J connectivity index is 4.03. The van der Waals surface area contributed by atoms with Crippen molar-refractivity contribution in [3.63, 3.8) is 0 Å². The number of nitrogens with zero attached hydrogens (tertiary/aromatic N) is 1. The van der Waals surface area contributed by atoms with Crippen LogP contribution in [0.15, 0.2) is 72.9 Å². The Bertz CT molecular complexity index is 1510. The highest BCUT2D eigenvalue weighted by atomic mass is 31.2. The Hall–Kier alpha value is -2.55. The molecular weight excluding hydrogens is 966 g/mol. The largest absolute Gasteiger partial charge is 0.472 e. The number of carbonyl (C=O) groups is 2. The summed E-state index contributed by atoms with van der Waals surface area (Å²) in [6, 6.07) is 0. The number of esters is 2. The molecule has 0 radical (unpaired) electrons. The molecule has 0 bridgehead atoms. The average molecular weight is 1090 g/mol. The summed E-state index contributed by atoms with van der Waals surface area (Å²) in [5, 5.41) is 0. The SMILES string of the molecule is CC/C=C\C/C=C\C/C=C\C/C=C\C/C=C\C/C=C\CCCCCCCCCCCCCCCCCCC(=O)OC(COC(=O)CCCCCCCCCCCCCCCCCCC)COP(=O)(O)OCC[N+](C)(C)C. The van der Waals surface area contributed by atoms with Crippen molar-refractivity contribution in [3.8, 4) is 0 Å². The van der Waals surface area contributed by atoms with Crippen molar-refractivity contribution in [1.82, 2.24) is 0 Å². The van der Waals surface area contributed by atoms with Gasteiger partial charge < -0.3 is 18.9 Å². The number of likely N-dealkylation sites (N-methyl/N-ethyl adjacent to an activating group) is 1. The van der Waals surface area contributed by atoms with Crippen molar-refractivity contribution in [2.45, 2.75) is 290 Å². The van der Waals surface area contributed by atoms with Crippen LogP contribution in [-0.2, 0) is 32.7 Å². The number of allylic oxidation sites excluding steroid dienone is 12. The van der Waals surface area contributed by atoms with Crippen LogP contribution in [0.25, 0.3) is 0 Å². The smallest absolute Gasteiger partial charge is 0.462 e. The molecule has 10 heteroatoms. The zero-order valence-electron chi connectivity index (χ0n) is 50.2. The third-order valence-electron chi connectivity index (χ3n) is 13.8. The van der Waals surface area contributed by atoms with E-state index < -0.39 is 26.5 Å². The summed E-state index contributed by atoms with van der Waals surface area (Å²) < 4.78 is 34.6. The first-order chi connectivity index (χ1) is 37.0. The molecule has 0 aromatic heterocycles. The van der Waals surface area contributed by atoms with Crippen molar-refractivity contribution >= 4 is 19.8 Å². The lowest BCUT2D eigenvalue weighted by Crippen LogP contribution is -2.37. The minimum absolute atomic E-state index is 0.0323. The average Bonchev–Trinajstić information content (AvgIpc) is 3.38. The summed E-state index contributed by atoms with van der Waals surface area (Å²) in [7, 11) is 1.49. The lowest BCUT2D eigenvalue weighted by atomic mass is 10.0. The number of hydrogen-bond acceptors (Lipinski definition) is 7. The molecule has 0 aliphatic rings. The third-order valence-corrected chi connectivity index (χ3v) is 14.7. The third kappa shape index (κ3) is 60.7. The van der Waals surface area contributed by atoms with E-state index in [9.17, 15) is 19.0 Å². The van der Waals surface area contributed by atoms with Gasteiger partial charge in [0.25, 0.3) is 0 Å². The van der Waals surface area contributed by atoms with E-state index >= 15 is 0 Å². The predicted octanol–water partition coefficient (Wildman–Crippen LogP) is 20.0.